The van der Waals surface area contributed by atoms with Gasteiger partial charge in [0.2, 0.25) is 0 Å². The van der Waals surface area contributed by atoms with E-state index in [1.165, 1.54) is 0 Å². The van der Waals surface area contributed by atoms with Crippen molar-refractivity contribution in [3.05, 3.63) is 29.3 Å². The average Bonchev–Trinajstić information content (AvgIpc) is 2.51. The molecule has 23 heavy (non-hydrogen) atoms. The highest BCUT2D eigenvalue weighted by molar-refractivity contribution is 5.77. The lowest BCUT2D eigenvalue weighted by molar-refractivity contribution is -0.123. The molecule has 6 nitrogen and oxygen atoms in total. The first-order chi connectivity index (χ1) is 11.0. The minimum absolute atomic E-state index is 0.0484. The number of carbonyl (C=O) groups is 1. The van der Waals surface area contributed by atoms with Gasteiger partial charge in [0.25, 0.3) is 5.91 Å². The number of benzene rings is 1. The van der Waals surface area contributed by atoms with Crippen molar-refractivity contribution in [3.63, 3.8) is 0 Å². The predicted octanol–water partition coefficient (Wildman–Crippen LogP) is 0.492. The Kier molecular flexibility index (Phi) is 6.83. The lowest BCUT2D eigenvalue weighted by Crippen LogP contribution is -2.45. The van der Waals surface area contributed by atoms with E-state index in [1.807, 2.05) is 26.0 Å². The molecule has 1 amide bonds. The first-order valence-electron chi connectivity index (χ1n) is 7.99. The van der Waals surface area contributed by atoms with E-state index in [4.69, 9.17) is 9.47 Å². The molecule has 0 unspecified atom stereocenters. The molecule has 1 heterocycles. The van der Waals surface area contributed by atoms with Gasteiger partial charge < -0.3 is 19.9 Å². The Morgan fingerprint density at radius 2 is 1.96 bits per heavy atom. The number of aryl methyl sites for hydroxylation is 2. The summed E-state index contributed by atoms with van der Waals surface area (Å²) in [5, 5.41) is 12.7. The zero-order chi connectivity index (χ0) is 16.7. The summed E-state index contributed by atoms with van der Waals surface area (Å²) in [7, 11) is 0. The largest absolute Gasteiger partial charge is 0.484 e. The number of aliphatic hydroxyl groups is 1. The number of rotatable bonds is 7. The van der Waals surface area contributed by atoms with Crippen molar-refractivity contribution in [2.24, 2.45) is 0 Å². The third kappa shape index (κ3) is 6.56. The molecular formula is C17H26N2O4. The number of hydrogen-bond donors (Lipinski definition) is 2. The van der Waals surface area contributed by atoms with Crippen LogP contribution in [0.5, 0.6) is 5.75 Å². The smallest absolute Gasteiger partial charge is 0.258 e. The molecule has 1 saturated heterocycles. The highest BCUT2D eigenvalue weighted by Gasteiger charge is 2.15. The number of nitrogens with one attached hydrogen (secondary N) is 1. The van der Waals surface area contributed by atoms with Crippen molar-refractivity contribution in [1.82, 2.24) is 10.2 Å². The van der Waals surface area contributed by atoms with E-state index in [2.05, 4.69) is 16.3 Å². The van der Waals surface area contributed by atoms with E-state index in [0.29, 0.717) is 25.5 Å². The van der Waals surface area contributed by atoms with Crippen LogP contribution in [0.25, 0.3) is 0 Å². The van der Waals surface area contributed by atoms with E-state index >= 15 is 0 Å². The zero-order valence-electron chi connectivity index (χ0n) is 13.9. The summed E-state index contributed by atoms with van der Waals surface area (Å²) in [6.45, 7) is 7.73. The molecule has 1 atom stereocenters. The number of amides is 1. The fourth-order valence-electron chi connectivity index (χ4n) is 2.59. The first-order valence-corrected chi connectivity index (χ1v) is 7.99. The maximum Gasteiger partial charge on any atom is 0.258 e. The molecule has 0 spiro atoms. The summed E-state index contributed by atoms with van der Waals surface area (Å²) in [5.74, 6) is 0.455. The Balaban J connectivity index is 1.66. The van der Waals surface area contributed by atoms with Gasteiger partial charge in [-0.2, -0.15) is 0 Å². The molecule has 1 fully saturated rings. The van der Waals surface area contributed by atoms with Crippen LogP contribution in [0.4, 0.5) is 0 Å². The lowest BCUT2D eigenvalue weighted by atomic mass is 10.1. The molecule has 0 bridgehead atoms. The Hall–Kier alpha value is -1.63. The summed E-state index contributed by atoms with van der Waals surface area (Å²) < 4.78 is 10.8. The Bertz CT molecular complexity index is 495. The third-order valence-electron chi connectivity index (χ3n) is 3.67. The second-order valence-corrected chi connectivity index (χ2v) is 5.98. The normalized spacial score (nSPS) is 16.8. The molecule has 0 saturated carbocycles. The molecule has 0 aromatic heterocycles. The van der Waals surface area contributed by atoms with Crippen molar-refractivity contribution in [1.29, 1.82) is 0 Å². The number of β-amino-alcohol motifs (C(OH)–C–C–N with tert-alkyl or cyclic N) is 1. The Morgan fingerprint density at radius 1 is 1.30 bits per heavy atom. The van der Waals surface area contributed by atoms with Crippen molar-refractivity contribution in [3.8, 4) is 5.75 Å². The van der Waals surface area contributed by atoms with Gasteiger partial charge in [0, 0.05) is 26.2 Å². The molecule has 128 valence electrons. The number of aliphatic hydroxyl groups excluding tert-OH is 1. The predicted molar refractivity (Wildman–Crippen MR) is 87.7 cm³/mol. The first kappa shape index (κ1) is 17.7. The van der Waals surface area contributed by atoms with Crippen LogP contribution >= 0.6 is 0 Å². The van der Waals surface area contributed by atoms with Crippen molar-refractivity contribution < 1.29 is 19.4 Å². The molecule has 1 aromatic carbocycles. The minimum atomic E-state index is -0.585. The SMILES string of the molecule is Cc1cc(C)cc(OCC(=O)NC[C@H](O)CN2CCOCC2)c1. The topological polar surface area (TPSA) is 71.0 Å². The molecular weight excluding hydrogens is 296 g/mol. The van der Waals surface area contributed by atoms with E-state index in [0.717, 1.165) is 24.2 Å². The molecule has 0 radical (unpaired) electrons. The molecule has 6 heteroatoms. The van der Waals surface area contributed by atoms with Crippen LogP contribution < -0.4 is 10.1 Å². The van der Waals surface area contributed by atoms with Crippen LogP contribution in [0.15, 0.2) is 18.2 Å². The van der Waals surface area contributed by atoms with Crippen molar-refractivity contribution in [2.45, 2.75) is 20.0 Å². The van der Waals surface area contributed by atoms with Gasteiger partial charge in [-0.15, -0.1) is 0 Å². The van der Waals surface area contributed by atoms with E-state index in [-0.39, 0.29) is 19.1 Å². The van der Waals surface area contributed by atoms with Gasteiger partial charge in [0.05, 0.1) is 19.3 Å². The van der Waals surface area contributed by atoms with Crippen LogP contribution in [0.2, 0.25) is 0 Å². The van der Waals surface area contributed by atoms with Crippen LogP contribution in [-0.2, 0) is 9.53 Å². The molecule has 1 aliphatic heterocycles. The standard InChI is InChI=1S/C17H26N2O4/c1-13-7-14(2)9-16(8-13)23-12-17(21)18-10-15(20)11-19-3-5-22-6-4-19/h7-9,15,20H,3-6,10-12H2,1-2H3,(H,18,21)/t15-/m0/s1. The summed E-state index contributed by atoms with van der Waals surface area (Å²) in [6, 6.07) is 5.84. The van der Waals surface area contributed by atoms with Gasteiger partial charge in [-0.05, 0) is 37.1 Å². The average molecular weight is 322 g/mol. The van der Waals surface area contributed by atoms with E-state index < -0.39 is 6.10 Å². The molecule has 1 aliphatic rings. The van der Waals surface area contributed by atoms with Gasteiger partial charge in [-0.1, -0.05) is 6.07 Å². The quantitative estimate of drug-likeness (QED) is 0.765. The van der Waals surface area contributed by atoms with Gasteiger partial charge in [-0.25, -0.2) is 0 Å². The van der Waals surface area contributed by atoms with Gasteiger partial charge in [-0.3, -0.25) is 9.69 Å². The molecule has 2 rings (SSSR count). The van der Waals surface area contributed by atoms with E-state index in [1.54, 1.807) is 0 Å². The second-order valence-electron chi connectivity index (χ2n) is 5.98. The van der Waals surface area contributed by atoms with E-state index in [9.17, 15) is 9.90 Å². The summed E-state index contributed by atoms with van der Waals surface area (Å²) in [6.07, 6.45) is -0.585. The number of ether oxygens (including phenoxy) is 2. The maximum atomic E-state index is 11.8. The fourth-order valence-corrected chi connectivity index (χ4v) is 2.59. The lowest BCUT2D eigenvalue weighted by Gasteiger charge is -2.28. The number of nitrogens with zero attached hydrogens (tertiary/aromatic N) is 1. The number of hydrogen-bond acceptors (Lipinski definition) is 5. The molecule has 2 N–H and O–H groups in total. The van der Waals surface area contributed by atoms with Crippen LogP contribution in [-0.4, -0.2) is 68.0 Å². The van der Waals surface area contributed by atoms with Gasteiger partial charge in [0.1, 0.15) is 5.75 Å². The van der Waals surface area contributed by atoms with Gasteiger partial charge in [0.15, 0.2) is 6.61 Å². The minimum Gasteiger partial charge on any atom is -0.484 e. The monoisotopic (exact) mass is 322 g/mol. The zero-order valence-corrected chi connectivity index (χ0v) is 13.9. The molecule has 1 aromatic rings. The Morgan fingerprint density at radius 3 is 2.61 bits per heavy atom. The summed E-state index contributed by atoms with van der Waals surface area (Å²) >= 11 is 0. The van der Waals surface area contributed by atoms with Gasteiger partial charge >= 0.3 is 0 Å². The van der Waals surface area contributed by atoms with Crippen LogP contribution in [0, 0.1) is 13.8 Å². The summed E-state index contributed by atoms with van der Waals surface area (Å²) in [5.41, 5.74) is 2.20. The van der Waals surface area contributed by atoms with Crippen LogP contribution in [0.1, 0.15) is 11.1 Å². The maximum absolute atomic E-state index is 11.8. The highest BCUT2D eigenvalue weighted by atomic mass is 16.5. The fraction of sp³-hybridized carbons (Fsp3) is 0.588. The molecule has 0 aliphatic carbocycles. The number of carbonyl (C=O) groups excluding carboxylic acids is 1. The van der Waals surface area contributed by atoms with Crippen molar-refractivity contribution >= 4 is 5.91 Å². The van der Waals surface area contributed by atoms with Crippen molar-refractivity contribution in [2.75, 3.05) is 46.0 Å². The second kappa shape index (κ2) is 8.86. The van der Waals surface area contributed by atoms with Crippen LogP contribution in [0.3, 0.4) is 0 Å². The third-order valence-corrected chi connectivity index (χ3v) is 3.67. The Labute approximate surface area is 137 Å². The number of morpholine rings is 1. The summed E-state index contributed by atoms with van der Waals surface area (Å²) in [4.78, 5) is 13.9. The highest BCUT2D eigenvalue weighted by Crippen LogP contribution is 2.15.